The summed E-state index contributed by atoms with van der Waals surface area (Å²) in [5, 5.41) is 2.64. The standard InChI is InChI=1S/C28H34O2/c1-20-15-16-22-10-6-7-14-25(22)26(20)28(29-18-27(2,3)19-30-28)24-13-8-12-21-9-4-5-11-23(21)17-24/h4-6,9-12,16-17,20,24H,7-8,13-15,18-19H2,1-3H3. The molecule has 1 aliphatic heterocycles. The highest BCUT2D eigenvalue weighted by Crippen LogP contribution is 2.50. The zero-order chi connectivity index (χ0) is 20.8. The predicted octanol–water partition coefficient (Wildman–Crippen LogP) is 5.04. The van der Waals surface area contributed by atoms with Crippen LogP contribution in [0.5, 0.6) is 0 Å². The lowest BCUT2D eigenvalue weighted by Gasteiger charge is -2.51. The topological polar surface area (TPSA) is 18.5 Å². The maximum Gasteiger partial charge on any atom is 0.198 e. The summed E-state index contributed by atoms with van der Waals surface area (Å²) in [6.45, 7) is 8.32. The number of fused-ring (bicyclic) bond motifs is 2. The minimum Gasteiger partial charge on any atom is -0.345 e. The van der Waals surface area contributed by atoms with Crippen LogP contribution in [0.15, 0.2) is 59.2 Å². The molecule has 1 saturated heterocycles. The summed E-state index contributed by atoms with van der Waals surface area (Å²) in [6.07, 6.45) is 17.2. The van der Waals surface area contributed by atoms with E-state index in [0.717, 1.165) is 45.3 Å². The number of allylic oxidation sites excluding steroid dienone is 5. The van der Waals surface area contributed by atoms with E-state index in [0.29, 0.717) is 5.92 Å². The molecule has 2 heteroatoms. The van der Waals surface area contributed by atoms with E-state index in [1.165, 1.54) is 27.2 Å². The van der Waals surface area contributed by atoms with Gasteiger partial charge in [0, 0.05) is 11.3 Å². The SMILES string of the molecule is CC1CC=C2C=CCCC2=C1C1(C2C=c3ccccc3=CCC2)OCC(C)(C)CO1. The molecule has 30 heavy (non-hydrogen) atoms. The van der Waals surface area contributed by atoms with E-state index in [4.69, 9.17) is 9.47 Å². The van der Waals surface area contributed by atoms with Gasteiger partial charge in [-0.05, 0) is 65.2 Å². The molecular formula is C28H34O2. The number of hydrogen-bond donors (Lipinski definition) is 0. The Bertz CT molecular complexity index is 1030. The van der Waals surface area contributed by atoms with Crippen LogP contribution in [0, 0.1) is 17.3 Å². The van der Waals surface area contributed by atoms with Crippen LogP contribution in [-0.4, -0.2) is 19.0 Å². The third-order valence-corrected chi connectivity index (χ3v) is 7.15. The van der Waals surface area contributed by atoms with Crippen molar-refractivity contribution < 1.29 is 9.47 Å². The van der Waals surface area contributed by atoms with E-state index >= 15 is 0 Å². The van der Waals surface area contributed by atoms with Crippen molar-refractivity contribution in [3.63, 3.8) is 0 Å². The monoisotopic (exact) mass is 402 g/mol. The lowest BCUT2D eigenvalue weighted by Crippen LogP contribution is -2.55. The van der Waals surface area contributed by atoms with Crippen LogP contribution in [0.3, 0.4) is 0 Å². The van der Waals surface area contributed by atoms with Gasteiger partial charge in [0.25, 0.3) is 0 Å². The normalized spacial score (nSPS) is 29.6. The second kappa shape index (κ2) is 7.66. The summed E-state index contributed by atoms with van der Waals surface area (Å²) >= 11 is 0. The van der Waals surface area contributed by atoms with Gasteiger partial charge in [-0.2, -0.15) is 0 Å². The number of hydrogen-bond acceptors (Lipinski definition) is 2. The number of rotatable bonds is 2. The first kappa shape index (κ1) is 20.0. The van der Waals surface area contributed by atoms with E-state index in [9.17, 15) is 0 Å². The quantitative estimate of drug-likeness (QED) is 0.690. The molecule has 0 N–H and O–H groups in total. The number of ether oxygens (including phenoxy) is 2. The first-order chi connectivity index (χ1) is 14.5. The molecule has 0 bridgehead atoms. The van der Waals surface area contributed by atoms with Crippen molar-refractivity contribution in [3.8, 4) is 0 Å². The lowest BCUT2D eigenvalue weighted by molar-refractivity contribution is -0.296. The van der Waals surface area contributed by atoms with Crippen molar-refractivity contribution in [3.05, 3.63) is 69.7 Å². The maximum atomic E-state index is 6.87. The van der Waals surface area contributed by atoms with E-state index in [1.807, 2.05) is 0 Å². The molecule has 0 amide bonds. The Kier molecular flexibility index (Phi) is 5.11. The molecule has 2 nitrogen and oxygen atoms in total. The molecule has 0 aromatic heterocycles. The first-order valence-corrected chi connectivity index (χ1v) is 11.6. The Balaban J connectivity index is 1.68. The molecule has 2 atom stereocenters. The summed E-state index contributed by atoms with van der Waals surface area (Å²) in [4.78, 5) is 0. The molecule has 5 rings (SSSR count). The van der Waals surface area contributed by atoms with Gasteiger partial charge >= 0.3 is 0 Å². The van der Waals surface area contributed by atoms with E-state index in [-0.39, 0.29) is 11.3 Å². The molecular weight excluding hydrogens is 368 g/mol. The van der Waals surface area contributed by atoms with Gasteiger partial charge in [0.15, 0.2) is 5.79 Å². The zero-order valence-electron chi connectivity index (χ0n) is 18.6. The molecule has 1 fully saturated rings. The van der Waals surface area contributed by atoms with Crippen LogP contribution in [0.2, 0.25) is 0 Å². The van der Waals surface area contributed by atoms with Crippen molar-refractivity contribution >= 4 is 12.2 Å². The molecule has 4 aliphatic rings. The average molecular weight is 403 g/mol. The zero-order valence-corrected chi connectivity index (χ0v) is 18.6. The van der Waals surface area contributed by atoms with Crippen molar-refractivity contribution in [1.29, 1.82) is 0 Å². The molecule has 0 saturated carbocycles. The Morgan fingerprint density at radius 3 is 2.53 bits per heavy atom. The lowest BCUT2D eigenvalue weighted by atomic mass is 9.71. The van der Waals surface area contributed by atoms with Crippen LogP contribution in [0.4, 0.5) is 0 Å². The summed E-state index contributed by atoms with van der Waals surface area (Å²) in [5.41, 5.74) is 4.34. The van der Waals surface area contributed by atoms with Crippen molar-refractivity contribution in [1.82, 2.24) is 0 Å². The molecule has 1 aromatic rings. The Labute approximate surface area is 180 Å². The summed E-state index contributed by atoms with van der Waals surface area (Å²) in [7, 11) is 0. The Morgan fingerprint density at radius 1 is 0.967 bits per heavy atom. The van der Waals surface area contributed by atoms with Crippen LogP contribution in [0.1, 0.15) is 52.9 Å². The fraction of sp³-hybridized carbons (Fsp3) is 0.500. The highest BCUT2D eigenvalue weighted by molar-refractivity contribution is 5.52. The molecule has 0 radical (unpaired) electrons. The van der Waals surface area contributed by atoms with Gasteiger partial charge in [-0.3, -0.25) is 0 Å². The van der Waals surface area contributed by atoms with Crippen molar-refractivity contribution in [2.24, 2.45) is 17.3 Å². The summed E-state index contributed by atoms with van der Waals surface area (Å²) in [5.74, 6) is -0.00341. The van der Waals surface area contributed by atoms with Gasteiger partial charge in [-0.25, -0.2) is 0 Å². The third kappa shape index (κ3) is 3.44. The molecule has 0 spiro atoms. The second-order valence-corrected chi connectivity index (χ2v) is 10.2. The van der Waals surface area contributed by atoms with E-state index in [1.54, 1.807) is 0 Å². The fourth-order valence-corrected chi connectivity index (χ4v) is 5.56. The summed E-state index contributed by atoms with van der Waals surface area (Å²) < 4.78 is 13.7. The van der Waals surface area contributed by atoms with Gasteiger partial charge in [0.1, 0.15) is 0 Å². The molecule has 2 unspecified atom stereocenters. The highest BCUT2D eigenvalue weighted by Gasteiger charge is 2.51. The Morgan fingerprint density at radius 2 is 1.73 bits per heavy atom. The van der Waals surface area contributed by atoms with Gasteiger partial charge in [-0.1, -0.05) is 75.4 Å². The molecule has 1 heterocycles. The Hall–Kier alpha value is -1.90. The molecule has 158 valence electrons. The summed E-state index contributed by atoms with van der Waals surface area (Å²) in [6, 6.07) is 8.74. The second-order valence-electron chi connectivity index (χ2n) is 10.2. The smallest absolute Gasteiger partial charge is 0.198 e. The minimum absolute atomic E-state index is 0.0481. The minimum atomic E-state index is -0.653. The van der Waals surface area contributed by atoms with Gasteiger partial charge in [0.2, 0.25) is 0 Å². The largest absolute Gasteiger partial charge is 0.345 e. The van der Waals surface area contributed by atoms with Crippen molar-refractivity contribution in [2.45, 2.75) is 58.7 Å². The third-order valence-electron chi connectivity index (χ3n) is 7.15. The van der Waals surface area contributed by atoms with Gasteiger partial charge in [-0.15, -0.1) is 0 Å². The maximum absolute atomic E-state index is 6.87. The van der Waals surface area contributed by atoms with Crippen LogP contribution in [-0.2, 0) is 9.47 Å². The van der Waals surface area contributed by atoms with Crippen molar-refractivity contribution in [2.75, 3.05) is 13.2 Å². The van der Waals surface area contributed by atoms with Crippen LogP contribution in [0.25, 0.3) is 12.2 Å². The molecule has 1 aromatic carbocycles. The first-order valence-electron chi connectivity index (χ1n) is 11.6. The fourth-order valence-electron chi connectivity index (χ4n) is 5.56. The average Bonchev–Trinajstić information content (AvgIpc) is 2.97. The number of benzene rings is 1. The van der Waals surface area contributed by atoms with Gasteiger partial charge < -0.3 is 9.47 Å². The predicted molar refractivity (Wildman–Crippen MR) is 123 cm³/mol. The highest BCUT2D eigenvalue weighted by atomic mass is 16.7. The molecule has 3 aliphatic carbocycles. The van der Waals surface area contributed by atoms with Crippen LogP contribution >= 0.6 is 0 Å². The van der Waals surface area contributed by atoms with Crippen LogP contribution < -0.4 is 10.4 Å². The van der Waals surface area contributed by atoms with Gasteiger partial charge in [0.05, 0.1) is 13.2 Å². The van der Waals surface area contributed by atoms with E-state index < -0.39 is 5.79 Å². The van der Waals surface area contributed by atoms with E-state index in [2.05, 4.69) is 75.4 Å².